The zero-order valence-electron chi connectivity index (χ0n) is 12.6. The van der Waals surface area contributed by atoms with Crippen molar-refractivity contribution in [1.82, 2.24) is 0 Å². The van der Waals surface area contributed by atoms with Crippen molar-refractivity contribution in [3.63, 3.8) is 0 Å². The number of nitrogens with zero attached hydrogens (tertiary/aromatic N) is 1. The number of methoxy groups -OCH3 is 1. The molecule has 0 saturated carbocycles. The SMILES string of the molecule is COC(CC(F)(C(F)(F)F)C(F)(F)F)c1ccccc1N(C)C. The number of benzene rings is 1. The van der Waals surface area contributed by atoms with E-state index in [9.17, 15) is 30.7 Å². The summed E-state index contributed by atoms with van der Waals surface area (Å²) in [6.45, 7) is 0. The van der Waals surface area contributed by atoms with Crippen LogP contribution in [0.5, 0.6) is 0 Å². The van der Waals surface area contributed by atoms with Gasteiger partial charge in [-0.2, -0.15) is 26.3 Å². The van der Waals surface area contributed by atoms with E-state index < -0.39 is 30.5 Å². The largest absolute Gasteiger partial charge is 0.431 e. The Labute approximate surface area is 128 Å². The molecule has 0 spiro atoms. The molecular formula is C14H16F7NO. The van der Waals surface area contributed by atoms with Crippen LogP contribution in [0.15, 0.2) is 24.3 Å². The molecule has 0 aromatic heterocycles. The number of ether oxygens (including phenoxy) is 1. The third kappa shape index (κ3) is 3.88. The van der Waals surface area contributed by atoms with Crippen LogP contribution in [0.1, 0.15) is 18.1 Å². The van der Waals surface area contributed by atoms with E-state index in [0.717, 1.165) is 7.11 Å². The van der Waals surface area contributed by atoms with Gasteiger partial charge >= 0.3 is 18.0 Å². The van der Waals surface area contributed by atoms with Crippen LogP contribution in [0.25, 0.3) is 0 Å². The van der Waals surface area contributed by atoms with Crippen molar-refractivity contribution in [1.29, 1.82) is 0 Å². The highest BCUT2D eigenvalue weighted by Crippen LogP contribution is 2.51. The molecular weight excluding hydrogens is 331 g/mol. The summed E-state index contributed by atoms with van der Waals surface area (Å²) in [5, 5.41) is 0. The minimum absolute atomic E-state index is 0.0375. The molecule has 0 N–H and O–H groups in total. The molecule has 0 aliphatic heterocycles. The Hall–Kier alpha value is -1.51. The predicted molar refractivity (Wildman–Crippen MR) is 71.1 cm³/mol. The number of alkyl halides is 7. The Kier molecular flexibility index (Phi) is 5.56. The first-order valence-electron chi connectivity index (χ1n) is 6.46. The van der Waals surface area contributed by atoms with Crippen LogP contribution in [0.2, 0.25) is 0 Å². The average Bonchev–Trinajstić information content (AvgIpc) is 2.42. The molecule has 0 radical (unpaired) electrons. The van der Waals surface area contributed by atoms with Crippen LogP contribution in [0.3, 0.4) is 0 Å². The number of para-hydroxylation sites is 1. The Morgan fingerprint density at radius 1 is 0.957 bits per heavy atom. The number of rotatable bonds is 5. The van der Waals surface area contributed by atoms with Gasteiger partial charge in [0.2, 0.25) is 0 Å². The number of hydrogen-bond donors (Lipinski definition) is 0. The van der Waals surface area contributed by atoms with E-state index >= 15 is 0 Å². The Bertz CT molecular complexity index is 511. The minimum atomic E-state index is -6.10. The summed E-state index contributed by atoms with van der Waals surface area (Å²) in [4.78, 5) is 1.49. The molecule has 132 valence electrons. The van der Waals surface area contributed by atoms with Crippen LogP contribution in [-0.2, 0) is 4.74 Å². The quantitative estimate of drug-likeness (QED) is 0.718. The fourth-order valence-electron chi connectivity index (χ4n) is 2.13. The van der Waals surface area contributed by atoms with E-state index in [1.807, 2.05) is 0 Å². The molecule has 0 saturated heterocycles. The first kappa shape index (κ1) is 19.5. The van der Waals surface area contributed by atoms with Gasteiger partial charge in [0.15, 0.2) is 0 Å². The molecule has 0 amide bonds. The summed E-state index contributed by atoms with van der Waals surface area (Å²) >= 11 is 0. The molecule has 0 aliphatic carbocycles. The summed E-state index contributed by atoms with van der Waals surface area (Å²) in [6.07, 6.45) is -15.8. The smallest absolute Gasteiger partial charge is 0.377 e. The lowest BCUT2D eigenvalue weighted by molar-refractivity contribution is -0.348. The third-order valence-corrected chi connectivity index (χ3v) is 3.42. The second-order valence-corrected chi connectivity index (χ2v) is 5.18. The molecule has 1 aromatic carbocycles. The summed E-state index contributed by atoms with van der Waals surface area (Å²) < 4.78 is 94.9. The first-order valence-corrected chi connectivity index (χ1v) is 6.46. The lowest BCUT2D eigenvalue weighted by Gasteiger charge is -2.33. The van der Waals surface area contributed by atoms with Crippen molar-refractivity contribution in [2.45, 2.75) is 30.5 Å². The summed E-state index contributed by atoms with van der Waals surface area (Å²) in [7, 11) is 4.05. The maximum Gasteiger partial charge on any atom is 0.431 e. The van der Waals surface area contributed by atoms with E-state index in [0.29, 0.717) is 5.69 Å². The monoisotopic (exact) mass is 347 g/mol. The van der Waals surface area contributed by atoms with Gasteiger partial charge in [0, 0.05) is 38.9 Å². The molecule has 23 heavy (non-hydrogen) atoms. The van der Waals surface area contributed by atoms with Crippen LogP contribution < -0.4 is 4.90 Å². The van der Waals surface area contributed by atoms with Gasteiger partial charge in [0.25, 0.3) is 0 Å². The summed E-state index contributed by atoms with van der Waals surface area (Å²) in [5.41, 5.74) is -4.98. The van der Waals surface area contributed by atoms with Crippen molar-refractivity contribution in [3.05, 3.63) is 29.8 Å². The van der Waals surface area contributed by atoms with Crippen LogP contribution in [0, 0.1) is 0 Å². The van der Waals surface area contributed by atoms with Crippen LogP contribution in [-0.4, -0.2) is 39.2 Å². The third-order valence-electron chi connectivity index (χ3n) is 3.42. The van der Waals surface area contributed by atoms with Gasteiger partial charge in [0.1, 0.15) is 0 Å². The molecule has 0 heterocycles. The molecule has 9 heteroatoms. The maximum atomic E-state index is 13.9. The van der Waals surface area contributed by atoms with E-state index in [2.05, 4.69) is 0 Å². The highest BCUT2D eigenvalue weighted by Gasteiger charge is 2.72. The van der Waals surface area contributed by atoms with Gasteiger partial charge in [-0.1, -0.05) is 18.2 Å². The first-order chi connectivity index (χ1) is 10.3. The molecule has 0 bridgehead atoms. The van der Waals surface area contributed by atoms with Crippen molar-refractivity contribution in [3.8, 4) is 0 Å². The second kappa shape index (κ2) is 6.54. The lowest BCUT2D eigenvalue weighted by atomic mass is 9.91. The van der Waals surface area contributed by atoms with E-state index in [4.69, 9.17) is 4.74 Å². The highest BCUT2D eigenvalue weighted by molar-refractivity contribution is 5.53. The molecule has 0 aliphatic rings. The molecule has 1 rings (SSSR count). The Morgan fingerprint density at radius 3 is 1.83 bits per heavy atom. The van der Waals surface area contributed by atoms with Crippen molar-refractivity contribution >= 4 is 5.69 Å². The lowest BCUT2D eigenvalue weighted by Crippen LogP contribution is -2.54. The normalized spacial score (nSPS) is 14.7. The van der Waals surface area contributed by atoms with E-state index in [1.54, 1.807) is 20.2 Å². The zero-order valence-corrected chi connectivity index (χ0v) is 12.6. The van der Waals surface area contributed by atoms with Gasteiger partial charge in [-0.25, -0.2) is 4.39 Å². The van der Waals surface area contributed by atoms with Crippen LogP contribution >= 0.6 is 0 Å². The molecule has 2 nitrogen and oxygen atoms in total. The van der Waals surface area contributed by atoms with Gasteiger partial charge in [-0.3, -0.25) is 0 Å². The van der Waals surface area contributed by atoms with Gasteiger partial charge in [-0.05, 0) is 6.07 Å². The summed E-state index contributed by atoms with van der Waals surface area (Å²) in [5.74, 6) is 0. The molecule has 1 atom stereocenters. The standard InChI is InChI=1S/C14H16F7NO/c1-22(2)10-7-5-4-6-9(10)11(23-3)8-12(15,13(16,17)18)14(19,20)21/h4-7,11H,8H2,1-3H3. The zero-order chi connectivity index (χ0) is 18.1. The van der Waals surface area contributed by atoms with Gasteiger partial charge < -0.3 is 9.64 Å². The fraction of sp³-hybridized carbons (Fsp3) is 0.571. The second-order valence-electron chi connectivity index (χ2n) is 5.18. The number of anilines is 1. The molecule has 1 unspecified atom stereocenters. The molecule has 0 fully saturated rings. The van der Waals surface area contributed by atoms with Crippen molar-refractivity contribution < 1.29 is 35.5 Å². The predicted octanol–water partition coefficient (Wildman–Crippen LogP) is 4.66. The molecule has 1 aromatic rings. The number of hydrogen-bond acceptors (Lipinski definition) is 2. The van der Waals surface area contributed by atoms with E-state index in [1.165, 1.54) is 23.1 Å². The topological polar surface area (TPSA) is 12.5 Å². The number of halogens is 7. The van der Waals surface area contributed by atoms with Gasteiger partial charge in [-0.15, -0.1) is 0 Å². The average molecular weight is 347 g/mol. The Morgan fingerprint density at radius 2 is 1.43 bits per heavy atom. The minimum Gasteiger partial charge on any atom is -0.377 e. The van der Waals surface area contributed by atoms with Crippen LogP contribution in [0.4, 0.5) is 36.4 Å². The highest BCUT2D eigenvalue weighted by atomic mass is 19.4. The van der Waals surface area contributed by atoms with E-state index in [-0.39, 0.29) is 5.56 Å². The fourth-order valence-corrected chi connectivity index (χ4v) is 2.13. The van der Waals surface area contributed by atoms with Crippen molar-refractivity contribution in [2.24, 2.45) is 0 Å². The van der Waals surface area contributed by atoms with Gasteiger partial charge in [0.05, 0.1) is 6.10 Å². The maximum absolute atomic E-state index is 13.9. The van der Waals surface area contributed by atoms with Crippen molar-refractivity contribution in [2.75, 3.05) is 26.1 Å². The summed E-state index contributed by atoms with van der Waals surface area (Å²) in [6, 6.07) is 5.77. The Balaban J connectivity index is 3.32.